The number of amides is 1. The van der Waals surface area contributed by atoms with Crippen LogP contribution in [0.3, 0.4) is 0 Å². The zero-order valence-corrected chi connectivity index (χ0v) is 15.0. The molecular weight excluding hydrogens is 387 g/mol. The Labute approximate surface area is 154 Å². The number of halogens is 2. The lowest BCUT2D eigenvalue weighted by Crippen LogP contribution is -2.21. The Balaban J connectivity index is 1.99. The first kappa shape index (κ1) is 19.8. The van der Waals surface area contributed by atoms with Crippen molar-refractivity contribution in [3.8, 4) is 0 Å². The number of carbonyl (C=O) groups is 2. The molecule has 26 heavy (non-hydrogen) atoms. The number of benzene rings is 2. The van der Waals surface area contributed by atoms with Crippen LogP contribution in [0.25, 0.3) is 0 Å². The van der Waals surface area contributed by atoms with Gasteiger partial charge in [-0.15, -0.1) is 0 Å². The summed E-state index contributed by atoms with van der Waals surface area (Å²) in [6.45, 7) is -0.614. The largest absolute Gasteiger partial charge is 0.452 e. The van der Waals surface area contributed by atoms with Crippen molar-refractivity contribution in [1.29, 1.82) is 0 Å². The highest BCUT2D eigenvalue weighted by molar-refractivity contribution is 7.89. The van der Waals surface area contributed by atoms with Crippen LogP contribution in [0.1, 0.15) is 10.4 Å². The molecule has 0 spiro atoms. The molecular formula is C16H14ClFN2O5S. The van der Waals surface area contributed by atoms with Gasteiger partial charge in [0.2, 0.25) is 10.0 Å². The first-order valence-electron chi connectivity index (χ1n) is 7.18. The zero-order chi connectivity index (χ0) is 19.3. The summed E-state index contributed by atoms with van der Waals surface area (Å²) < 4.78 is 43.5. The van der Waals surface area contributed by atoms with E-state index < -0.39 is 34.3 Å². The van der Waals surface area contributed by atoms with Crippen LogP contribution in [0.4, 0.5) is 10.1 Å². The molecule has 0 aromatic heterocycles. The minimum absolute atomic E-state index is 0.0287. The molecule has 0 saturated heterocycles. The van der Waals surface area contributed by atoms with Gasteiger partial charge in [-0.05, 0) is 43.4 Å². The molecule has 0 heterocycles. The average molecular weight is 401 g/mol. The third kappa shape index (κ3) is 5.01. The second kappa shape index (κ2) is 8.26. The van der Waals surface area contributed by atoms with E-state index in [1.54, 1.807) is 0 Å². The van der Waals surface area contributed by atoms with E-state index in [-0.39, 0.29) is 21.2 Å². The van der Waals surface area contributed by atoms with Gasteiger partial charge in [-0.25, -0.2) is 22.3 Å². The van der Waals surface area contributed by atoms with Crippen LogP contribution in [-0.4, -0.2) is 33.9 Å². The van der Waals surface area contributed by atoms with Crippen LogP contribution in [0, 0.1) is 5.82 Å². The quantitative estimate of drug-likeness (QED) is 0.724. The third-order valence-electron chi connectivity index (χ3n) is 3.19. The molecule has 138 valence electrons. The normalized spacial score (nSPS) is 11.0. The van der Waals surface area contributed by atoms with E-state index in [1.165, 1.54) is 37.4 Å². The summed E-state index contributed by atoms with van der Waals surface area (Å²) in [5, 5.41) is 2.22. The van der Waals surface area contributed by atoms with E-state index in [0.29, 0.717) is 0 Å². The smallest absolute Gasteiger partial charge is 0.338 e. The SMILES string of the molecule is CNS(=O)(=O)c1cccc(C(=O)OCC(=O)Nc2ccc(F)c(Cl)c2)c1. The highest BCUT2D eigenvalue weighted by Crippen LogP contribution is 2.19. The summed E-state index contributed by atoms with van der Waals surface area (Å²) in [7, 11) is -2.47. The highest BCUT2D eigenvalue weighted by Gasteiger charge is 2.16. The van der Waals surface area contributed by atoms with Crippen LogP contribution >= 0.6 is 11.6 Å². The number of anilines is 1. The fraction of sp³-hybridized carbons (Fsp3) is 0.125. The minimum atomic E-state index is -3.71. The number of hydrogen-bond acceptors (Lipinski definition) is 5. The molecule has 2 aromatic rings. The maximum atomic E-state index is 13.1. The van der Waals surface area contributed by atoms with Crippen molar-refractivity contribution in [3.63, 3.8) is 0 Å². The Bertz CT molecular complexity index is 949. The second-order valence-corrected chi connectivity index (χ2v) is 7.28. The summed E-state index contributed by atoms with van der Waals surface area (Å²) in [4.78, 5) is 23.7. The Morgan fingerprint density at radius 2 is 1.92 bits per heavy atom. The lowest BCUT2D eigenvalue weighted by Gasteiger charge is -2.08. The van der Waals surface area contributed by atoms with Crippen LogP contribution in [-0.2, 0) is 19.6 Å². The van der Waals surface area contributed by atoms with Crippen molar-refractivity contribution >= 4 is 39.2 Å². The average Bonchev–Trinajstić information content (AvgIpc) is 2.63. The van der Waals surface area contributed by atoms with E-state index in [0.717, 1.165) is 12.1 Å². The van der Waals surface area contributed by atoms with Crippen molar-refractivity contribution < 1.29 is 27.1 Å². The van der Waals surface area contributed by atoms with Gasteiger partial charge in [-0.3, -0.25) is 4.79 Å². The lowest BCUT2D eigenvalue weighted by atomic mass is 10.2. The van der Waals surface area contributed by atoms with Gasteiger partial charge < -0.3 is 10.1 Å². The zero-order valence-electron chi connectivity index (χ0n) is 13.5. The van der Waals surface area contributed by atoms with Crippen LogP contribution in [0.5, 0.6) is 0 Å². The molecule has 1 amide bonds. The van der Waals surface area contributed by atoms with Gasteiger partial charge in [0.15, 0.2) is 6.61 Å². The van der Waals surface area contributed by atoms with Crippen molar-refractivity contribution in [2.24, 2.45) is 0 Å². The van der Waals surface area contributed by atoms with E-state index in [9.17, 15) is 22.4 Å². The predicted octanol–water partition coefficient (Wildman–Crippen LogP) is 2.18. The summed E-state index contributed by atoms with van der Waals surface area (Å²) in [6.07, 6.45) is 0. The van der Waals surface area contributed by atoms with Crippen molar-refractivity contribution in [2.75, 3.05) is 19.0 Å². The second-order valence-electron chi connectivity index (χ2n) is 4.99. The van der Waals surface area contributed by atoms with E-state index in [4.69, 9.17) is 16.3 Å². The van der Waals surface area contributed by atoms with Gasteiger partial charge in [0, 0.05) is 5.69 Å². The van der Waals surface area contributed by atoms with E-state index >= 15 is 0 Å². The monoisotopic (exact) mass is 400 g/mol. The molecule has 0 atom stereocenters. The molecule has 0 aliphatic rings. The number of nitrogens with one attached hydrogen (secondary N) is 2. The molecule has 0 aliphatic carbocycles. The molecule has 0 fully saturated rings. The Kier molecular flexibility index (Phi) is 6.30. The molecule has 0 bridgehead atoms. The van der Waals surface area contributed by atoms with Gasteiger partial charge >= 0.3 is 5.97 Å². The number of hydrogen-bond donors (Lipinski definition) is 2. The van der Waals surface area contributed by atoms with Gasteiger partial charge in [-0.2, -0.15) is 0 Å². The van der Waals surface area contributed by atoms with Gasteiger partial charge in [0.05, 0.1) is 15.5 Å². The van der Waals surface area contributed by atoms with Gasteiger partial charge in [0.25, 0.3) is 5.91 Å². The Hall–Kier alpha value is -2.49. The minimum Gasteiger partial charge on any atom is -0.452 e. The first-order valence-corrected chi connectivity index (χ1v) is 9.04. The summed E-state index contributed by atoms with van der Waals surface area (Å²) in [6, 6.07) is 8.77. The summed E-state index contributed by atoms with van der Waals surface area (Å²) in [5.41, 5.74) is 0.207. The maximum absolute atomic E-state index is 13.1. The van der Waals surface area contributed by atoms with Crippen LogP contribution < -0.4 is 10.0 Å². The van der Waals surface area contributed by atoms with Crippen molar-refractivity contribution in [2.45, 2.75) is 4.90 Å². The molecule has 2 aromatic carbocycles. The van der Waals surface area contributed by atoms with E-state index in [1.807, 2.05) is 0 Å². The molecule has 2 rings (SSSR count). The topological polar surface area (TPSA) is 102 Å². The van der Waals surface area contributed by atoms with Crippen molar-refractivity contribution in [3.05, 3.63) is 58.9 Å². The fourth-order valence-electron chi connectivity index (χ4n) is 1.89. The number of rotatable bonds is 6. The fourth-order valence-corrected chi connectivity index (χ4v) is 2.85. The molecule has 0 saturated carbocycles. The standard InChI is InChI=1S/C16H14ClFN2O5S/c1-19-26(23,24)12-4-2-3-10(7-12)16(22)25-9-15(21)20-11-5-6-14(18)13(17)8-11/h2-8,19H,9H2,1H3,(H,20,21). The first-order chi connectivity index (χ1) is 12.2. The highest BCUT2D eigenvalue weighted by atomic mass is 35.5. The molecule has 0 aliphatic heterocycles. The summed E-state index contributed by atoms with van der Waals surface area (Å²) in [5.74, 6) is -2.17. The predicted molar refractivity (Wildman–Crippen MR) is 93.0 cm³/mol. The van der Waals surface area contributed by atoms with Gasteiger partial charge in [-0.1, -0.05) is 17.7 Å². The Morgan fingerprint density at radius 3 is 2.58 bits per heavy atom. The molecule has 2 N–H and O–H groups in total. The van der Waals surface area contributed by atoms with E-state index in [2.05, 4.69) is 10.0 Å². The number of sulfonamides is 1. The number of ether oxygens (including phenoxy) is 1. The third-order valence-corrected chi connectivity index (χ3v) is 4.89. The molecule has 10 heteroatoms. The number of carbonyl (C=O) groups excluding carboxylic acids is 2. The molecule has 0 radical (unpaired) electrons. The maximum Gasteiger partial charge on any atom is 0.338 e. The summed E-state index contributed by atoms with van der Waals surface area (Å²) >= 11 is 5.60. The number of esters is 1. The molecule has 7 nitrogen and oxygen atoms in total. The van der Waals surface area contributed by atoms with Crippen LogP contribution in [0.15, 0.2) is 47.4 Å². The van der Waals surface area contributed by atoms with Gasteiger partial charge in [0.1, 0.15) is 5.82 Å². The lowest BCUT2D eigenvalue weighted by molar-refractivity contribution is -0.119. The van der Waals surface area contributed by atoms with Crippen LogP contribution in [0.2, 0.25) is 5.02 Å². The Morgan fingerprint density at radius 1 is 1.19 bits per heavy atom. The molecule has 0 unspecified atom stereocenters. The van der Waals surface area contributed by atoms with Crippen molar-refractivity contribution in [1.82, 2.24) is 4.72 Å².